The number of furan rings is 1. The van der Waals surface area contributed by atoms with Crippen LogP contribution in [0.2, 0.25) is 5.02 Å². The number of halogens is 2. The van der Waals surface area contributed by atoms with Crippen molar-refractivity contribution in [3.8, 4) is 0 Å². The van der Waals surface area contributed by atoms with E-state index in [1.165, 1.54) is 30.2 Å². The lowest BCUT2D eigenvalue weighted by molar-refractivity contribution is -0.135. The summed E-state index contributed by atoms with van der Waals surface area (Å²) in [5.74, 6) is -0.989. The standard InChI is InChI=1S/C24H26ClN5O4.ClH/c1-14(31)29(2)30(24(33)15-6-4-3-5-7-15)21-18(26)10-8-16-12-19(34-22(16)21)23(32)28-20-11-9-17(25)13-27-20;/h8-13,15H,3-7,26H2,1-2H3,(H,27,28,32);1H. The third-order valence-corrected chi connectivity index (χ3v) is 6.24. The summed E-state index contributed by atoms with van der Waals surface area (Å²) in [7, 11) is 1.52. The maximum absolute atomic E-state index is 13.6. The number of nitrogens with one attached hydrogen (secondary N) is 1. The number of carbonyl (C=O) groups is 3. The van der Waals surface area contributed by atoms with Crippen LogP contribution in [-0.2, 0) is 9.59 Å². The van der Waals surface area contributed by atoms with Gasteiger partial charge in [0.25, 0.3) is 5.91 Å². The Bertz CT molecular complexity index is 1240. The lowest BCUT2D eigenvalue weighted by Crippen LogP contribution is -2.50. The van der Waals surface area contributed by atoms with E-state index in [0.29, 0.717) is 16.2 Å². The number of amides is 3. The van der Waals surface area contributed by atoms with Crippen molar-refractivity contribution in [2.45, 2.75) is 39.0 Å². The van der Waals surface area contributed by atoms with E-state index in [1.807, 2.05) is 0 Å². The fraction of sp³-hybridized carbons (Fsp3) is 0.333. The van der Waals surface area contributed by atoms with E-state index >= 15 is 0 Å². The van der Waals surface area contributed by atoms with Gasteiger partial charge in [-0.2, -0.15) is 0 Å². The first-order valence-corrected chi connectivity index (χ1v) is 11.5. The van der Waals surface area contributed by atoms with Gasteiger partial charge < -0.3 is 15.5 Å². The highest BCUT2D eigenvalue weighted by Gasteiger charge is 2.34. The summed E-state index contributed by atoms with van der Waals surface area (Å²) in [6.45, 7) is 1.37. The molecule has 1 aliphatic carbocycles. The van der Waals surface area contributed by atoms with E-state index in [0.717, 1.165) is 32.1 Å². The maximum atomic E-state index is 13.6. The first-order chi connectivity index (χ1) is 16.3. The van der Waals surface area contributed by atoms with E-state index in [-0.39, 0.29) is 52.9 Å². The minimum atomic E-state index is -0.527. The number of hydrazine groups is 1. The molecule has 2 heterocycles. The number of aromatic nitrogens is 1. The van der Waals surface area contributed by atoms with Crippen LogP contribution in [0.15, 0.2) is 40.9 Å². The molecule has 0 unspecified atom stereocenters. The van der Waals surface area contributed by atoms with Gasteiger partial charge >= 0.3 is 0 Å². The predicted octanol–water partition coefficient (Wildman–Crippen LogP) is 5.04. The number of carbonyl (C=O) groups excluding carboxylic acids is 3. The lowest BCUT2D eigenvalue weighted by atomic mass is 9.88. The third kappa shape index (κ3) is 5.52. The number of nitrogens with two attached hydrogens (primary N) is 1. The molecule has 3 N–H and O–H groups in total. The Labute approximate surface area is 214 Å². The van der Waals surface area contributed by atoms with Crippen LogP contribution in [0.1, 0.15) is 49.6 Å². The van der Waals surface area contributed by atoms with Crippen LogP contribution in [-0.4, -0.2) is 34.8 Å². The van der Waals surface area contributed by atoms with E-state index in [2.05, 4.69) is 10.3 Å². The molecular formula is C24H27Cl2N5O4. The van der Waals surface area contributed by atoms with Gasteiger partial charge in [0.15, 0.2) is 11.3 Å². The summed E-state index contributed by atoms with van der Waals surface area (Å²) in [6.07, 6.45) is 5.91. The minimum absolute atomic E-state index is 0. The highest BCUT2D eigenvalue weighted by Crippen LogP contribution is 2.38. The monoisotopic (exact) mass is 519 g/mol. The van der Waals surface area contributed by atoms with Gasteiger partial charge in [-0.25, -0.2) is 15.0 Å². The second-order valence-corrected chi connectivity index (χ2v) is 8.81. The van der Waals surface area contributed by atoms with Crippen molar-refractivity contribution in [3.63, 3.8) is 0 Å². The molecule has 1 aliphatic rings. The van der Waals surface area contributed by atoms with Crippen molar-refractivity contribution >= 4 is 69.9 Å². The Hall–Kier alpha value is -3.30. The number of fused-ring (bicyclic) bond motifs is 1. The van der Waals surface area contributed by atoms with Crippen LogP contribution in [0.5, 0.6) is 0 Å². The molecule has 0 radical (unpaired) electrons. The zero-order valence-electron chi connectivity index (χ0n) is 19.4. The van der Waals surface area contributed by atoms with Gasteiger partial charge in [0, 0.05) is 31.5 Å². The molecule has 4 rings (SSSR count). The fourth-order valence-corrected chi connectivity index (χ4v) is 4.24. The van der Waals surface area contributed by atoms with Crippen LogP contribution in [0.3, 0.4) is 0 Å². The van der Waals surface area contributed by atoms with Crippen LogP contribution in [0.4, 0.5) is 17.2 Å². The number of hydrogen-bond acceptors (Lipinski definition) is 6. The van der Waals surface area contributed by atoms with Crippen LogP contribution >= 0.6 is 24.0 Å². The first-order valence-electron chi connectivity index (χ1n) is 11.1. The molecule has 3 aromatic rings. The molecule has 1 aromatic carbocycles. The van der Waals surface area contributed by atoms with Gasteiger partial charge in [-0.15, -0.1) is 12.4 Å². The van der Waals surface area contributed by atoms with Crippen molar-refractivity contribution in [1.82, 2.24) is 9.99 Å². The Morgan fingerprint density at radius 2 is 1.86 bits per heavy atom. The highest BCUT2D eigenvalue weighted by molar-refractivity contribution is 6.30. The number of nitrogens with zero attached hydrogens (tertiary/aromatic N) is 3. The summed E-state index contributed by atoms with van der Waals surface area (Å²) in [5.41, 5.74) is 7.04. The molecule has 186 valence electrons. The normalized spacial score (nSPS) is 13.7. The molecule has 0 saturated heterocycles. The molecule has 2 aromatic heterocycles. The Morgan fingerprint density at radius 1 is 1.14 bits per heavy atom. The number of rotatable bonds is 4. The quantitative estimate of drug-likeness (QED) is 0.367. The second kappa shape index (κ2) is 11.0. The largest absolute Gasteiger partial charge is 0.449 e. The van der Waals surface area contributed by atoms with Crippen LogP contribution in [0.25, 0.3) is 11.0 Å². The van der Waals surface area contributed by atoms with Gasteiger partial charge in [-0.05, 0) is 43.2 Å². The number of pyridine rings is 1. The Kier molecular flexibility index (Phi) is 8.24. The fourth-order valence-electron chi connectivity index (χ4n) is 4.13. The zero-order chi connectivity index (χ0) is 24.4. The molecular weight excluding hydrogens is 493 g/mol. The number of anilines is 3. The summed E-state index contributed by atoms with van der Waals surface area (Å²) >= 11 is 5.84. The Balaban J connectivity index is 0.00000342. The van der Waals surface area contributed by atoms with Gasteiger partial charge in [0.05, 0.1) is 10.7 Å². The van der Waals surface area contributed by atoms with E-state index in [1.54, 1.807) is 30.3 Å². The van der Waals surface area contributed by atoms with Gasteiger partial charge in [-0.3, -0.25) is 14.4 Å². The SMILES string of the molecule is CC(=O)N(C)N(C(=O)C1CCCCC1)c1c(N)ccc2cc(C(=O)Nc3ccc(Cl)cn3)oc12.Cl. The predicted molar refractivity (Wildman–Crippen MR) is 138 cm³/mol. The number of benzene rings is 1. The van der Waals surface area contributed by atoms with Crippen molar-refractivity contribution in [3.05, 3.63) is 47.3 Å². The van der Waals surface area contributed by atoms with Gasteiger partial charge in [-0.1, -0.05) is 30.9 Å². The summed E-state index contributed by atoms with van der Waals surface area (Å²) in [5, 5.41) is 6.19. The van der Waals surface area contributed by atoms with E-state index in [4.69, 9.17) is 21.8 Å². The van der Waals surface area contributed by atoms with E-state index in [9.17, 15) is 14.4 Å². The Morgan fingerprint density at radius 3 is 2.49 bits per heavy atom. The average Bonchev–Trinajstić information content (AvgIpc) is 3.27. The smallest absolute Gasteiger partial charge is 0.292 e. The first kappa shape index (κ1) is 26.3. The lowest BCUT2D eigenvalue weighted by Gasteiger charge is -2.35. The molecule has 9 nitrogen and oxygen atoms in total. The summed E-state index contributed by atoms with van der Waals surface area (Å²) < 4.78 is 5.91. The number of hydrogen-bond donors (Lipinski definition) is 2. The molecule has 11 heteroatoms. The maximum Gasteiger partial charge on any atom is 0.292 e. The minimum Gasteiger partial charge on any atom is -0.449 e. The topological polar surface area (TPSA) is 122 Å². The molecule has 0 aliphatic heterocycles. The third-order valence-electron chi connectivity index (χ3n) is 6.02. The van der Waals surface area contributed by atoms with Crippen molar-refractivity contribution in [1.29, 1.82) is 0 Å². The second-order valence-electron chi connectivity index (χ2n) is 8.38. The molecule has 0 bridgehead atoms. The van der Waals surface area contributed by atoms with E-state index < -0.39 is 5.91 Å². The van der Waals surface area contributed by atoms with Crippen LogP contribution < -0.4 is 16.1 Å². The van der Waals surface area contributed by atoms with Crippen molar-refractivity contribution in [2.75, 3.05) is 23.1 Å². The molecule has 0 atom stereocenters. The summed E-state index contributed by atoms with van der Waals surface area (Å²) in [4.78, 5) is 42.8. The molecule has 35 heavy (non-hydrogen) atoms. The average molecular weight is 520 g/mol. The van der Waals surface area contributed by atoms with Gasteiger partial charge in [0.1, 0.15) is 11.5 Å². The van der Waals surface area contributed by atoms with Crippen LogP contribution in [0, 0.1) is 5.92 Å². The highest BCUT2D eigenvalue weighted by atomic mass is 35.5. The summed E-state index contributed by atoms with van der Waals surface area (Å²) in [6, 6.07) is 8.06. The zero-order valence-corrected chi connectivity index (χ0v) is 21.0. The molecule has 3 amide bonds. The molecule has 0 spiro atoms. The van der Waals surface area contributed by atoms with Crippen molar-refractivity contribution < 1.29 is 18.8 Å². The van der Waals surface area contributed by atoms with Gasteiger partial charge in [0.2, 0.25) is 11.8 Å². The van der Waals surface area contributed by atoms with Crippen molar-refractivity contribution in [2.24, 2.45) is 5.92 Å². The molecule has 1 saturated carbocycles. The molecule has 1 fully saturated rings. The number of nitrogen functional groups attached to an aromatic ring is 1.